The molecule has 3 heteroatoms. The molecule has 0 bridgehead atoms. The van der Waals surface area contributed by atoms with Gasteiger partial charge in [-0.2, -0.15) is 5.10 Å². The molecule has 0 spiro atoms. The molecule has 0 atom stereocenters. The van der Waals surface area contributed by atoms with Crippen molar-refractivity contribution in [1.82, 2.24) is 9.78 Å². The smallest absolute Gasteiger partial charge is 0.138 e. The summed E-state index contributed by atoms with van der Waals surface area (Å²) in [7, 11) is 1.69. The van der Waals surface area contributed by atoms with Crippen molar-refractivity contribution in [2.45, 2.75) is 5.54 Å². The maximum Gasteiger partial charge on any atom is 0.138 e. The SMILES string of the molecule is COc1ccccc1-c1ccn(C(c2ccccc2)(c2ccccc2)c2ccccc2)n1. The summed E-state index contributed by atoms with van der Waals surface area (Å²) >= 11 is 0. The molecule has 0 saturated carbocycles. The number of nitrogens with zero attached hydrogens (tertiary/aromatic N) is 2. The van der Waals surface area contributed by atoms with Crippen molar-refractivity contribution < 1.29 is 4.74 Å². The number of ether oxygens (including phenoxy) is 1. The number of rotatable bonds is 6. The second kappa shape index (κ2) is 8.56. The van der Waals surface area contributed by atoms with E-state index in [0.717, 1.165) is 33.7 Å². The van der Waals surface area contributed by atoms with Crippen molar-refractivity contribution in [3.63, 3.8) is 0 Å². The molecule has 0 N–H and O–H groups in total. The van der Waals surface area contributed by atoms with Crippen molar-refractivity contribution in [2.75, 3.05) is 7.11 Å². The molecule has 5 aromatic rings. The minimum absolute atomic E-state index is 0.621. The van der Waals surface area contributed by atoms with Crippen LogP contribution in [-0.2, 0) is 5.54 Å². The van der Waals surface area contributed by atoms with Gasteiger partial charge in [-0.3, -0.25) is 4.68 Å². The van der Waals surface area contributed by atoms with E-state index in [1.54, 1.807) is 7.11 Å². The Morgan fingerprint density at radius 2 is 1.06 bits per heavy atom. The average Bonchev–Trinajstić information content (AvgIpc) is 3.37. The molecule has 0 saturated heterocycles. The normalized spacial score (nSPS) is 11.3. The van der Waals surface area contributed by atoms with Gasteiger partial charge in [0.1, 0.15) is 11.3 Å². The number of methoxy groups -OCH3 is 1. The standard InChI is InChI=1S/C29H24N2O/c1-32-28-20-12-11-19-26(28)27-21-22-31(30-27)29(23-13-5-2-6-14-23,24-15-7-3-8-16-24)25-17-9-4-10-18-25/h2-22H,1H3. The molecule has 0 unspecified atom stereocenters. The van der Waals surface area contributed by atoms with Crippen LogP contribution >= 0.6 is 0 Å². The van der Waals surface area contributed by atoms with Gasteiger partial charge in [0.2, 0.25) is 0 Å². The van der Waals surface area contributed by atoms with E-state index in [9.17, 15) is 0 Å². The van der Waals surface area contributed by atoms with Gasteiger partial charge in [0.25, 0.3) is 0 Å². The van der Waals surface area contributed by atoms with E-state index in [4.69, 9.17) is 9.84 Å². The highest BCUT2D eigenvalue weighted by Crippen LogP contribution is 2.41. The Morgan fingerprint density at radius 3 is 1.56 bits per heavy atom. The van der Waals surface area contributed by atoms with Crippen LogP contribution in [-0.4, -0.2) is 16.9 Å². The zero-order valence-corrected chi connectivity index (χ0v) is 17.9. The number of benzene rings is 4. The lowest BCUT2D eigenvalue weighted by Crippen LogP contribution is -2.38. The molecule has 0 radical (unpaired) electrons. The average molecular weight is 417 g/mol. The molecule has 1 heterocycles. The van der Waals surface area contributed by atoms with Crippen LogP contribution in [0.25, 0.3) is 11.3 Å². The molecule has 0 fully saturated rings. The Labute approximate surface area is 188 Å². The van der Waals surface area contributed by atoms with E-state index >= 15 is 0 Å². The summed E-state index contributed by atoms with van der Waals surface area (Å²) in [6, 6.07) is 41.7. The van der Waals surface area contributed by atoms with Crippen molar-refractivity contribution in [1.29, 1.82) is 0 Å². The van der Waals surface area contributed by atoms with E-state index in [1.807, 2.05) is 42.5 Å². The molecule has 1 aromatic heterocycles. The zero-order chi connectivity index (χ0) is 21.8. The van der Waals surface area contributed by atoms with Crippen LogP contribution in [0.2, 0.25) is 0 Å². The summed E-state index contributed by atoms with van der Waals surface area (Å²) in [5, 5.41) is 5.13. The van der Waals surface area contributed by atoms with Crippen LogP contribution in [0.15, 0.2) is 128 Å². The third kappa shape index (κ3) is 3.28. The van der Waals surface area contributed by atoms with Crippen molar-refractivity contribution >= 4 is 0 Å². The molecule has 0 aliphatic rings. The minimum Gasteiger partial charge on any atom is -0.496 e. The van der Waals surface area contributed by atoms with Gasteiger partial charge >= 0.3 is 0 Å². The van der Waals surface area contributed by atoms with E-state index in [-0.39, 0.29) is 0 Å². The summed E-state index contributed by atoms with van der Waals surface area (Å²) in [4.78, 5) is 0. The van der Waals surface area contributed by atoms with Crippen LogP contribution in [0, 0.1) is 0 Å². The van der Waals surface area contributed by atoms with E-state index in [2.05, 4.69) is 89.7 Å². The summed E-state index contributed by atoms with van der Waals surface area (Å²) in [5.74, 6) is 0.808. The van der Waals surface area contributed by atoms with Gasteiger partial charge in [0, 0.05) is 11.8 Å². The molecule has 0 amide bonds. The van der Waals surface area contributed by atoms with Crippen molar-refractivity contribution in [3.8, 4) is 17.0 Å². The maximum absolute atomic E-state index is 5.60. The molecule has 0 aliphatic carbocycles. The maximum atomic E-state index is 5.60. The predicted octanol–water partition coefficient (Wildman–Crippen LogP) is 6.40. The summed E-state index contributed by atoms with van der Waals surface area (Å²) in [5.41, 5.74) is 4.65. The molecule has 156 valence electrons. The second-order valence-corrected chi connectivity index (χ2v) is 7.65. The molecule has 4 aromatic carbocycles. The summed E-state index contributed by atoms with van der Waals surface area (Å²) in [6.07, 6.45) is 2.06. The third-order valence-electron chi connectivity index (χ3n) is 5.89. The van der Waals surface area contributed by atoms with Gasteiger partial charge in [0.05, 0.1) is 12.8 Å². The topological polar surface area (TPSA) is 27.1 Å². The van der Waals surface area contributed by atoms with Gasteiger partial charge in [0.15, 0.2) is 0 Å². The van der Waals surface area contributed by atoms with Crippen molar-refractivity contribution in [2.24, 2.45) is 0 Å². The van der Waals surface area contributed by atoms with Gasteiger partial charge in [-0.1, -0.05) is 103 Å². The van der Waals surface area contributed by atoms with Crippen LogP contribution in [0.1, 0.15) is 16.7 Å². The van der Waals surface area contributed by atoms with Gasteiger partial charge in [-0.05, 0) is 34.9 Å². The molecular formula is C29H24N2O. The monoisotopic (exact) mass is 416 g/mol. The Bertz CT molecular complexity index is 1200. The summed E-state index contributed by atoms with van der Waals surface area (Å²) in [6.45, 7) is 0. The Morgan fingerprint density at radius 1 is 0.594 bits per heavy atom. The van der Waals surface area contributed by atoms with Crippen LogP contribution in [0.5, 0.6) is 5.75 Å². The van der Waals surface area contributed by atoms with Gasteiger partial charge in [-0.15, -0.1) is 0 Å². The Kier molecular flexibility index (Phi) is 5.30. The molecular weight excluding hydrogens is 392 g/mol. The first-order chi connectivity index (χ1) is 15.8. The minimum atomic E-state index is -0.621. The highest BCUT2D eigenvalue weighted by Gasteiger charge is 2.39. The third-order valence-corrected chi connectivity index (χ3v) is 5.89. The Balaban J connectivity index is 1.81. The lowest BCUT2D eigenvalue weighted by atomic mass is 9.77. The van der Waals surface area contributed by atoms with E-state index < -0.39 is 5.54 Å². The zero-order valence-electron chi connectivity index (χ0n) is 17.9. The number of hydrogen-bond acceptors (Lipinski definition) is 2. The molecule has 3 nitrogen and oxygen atoms in total. The van der Waals surface area contributed by atoms with Crippen LogP contribution in [0.4, 0.5) is 0 Å². The number of hydrogen-bond donors (Lipinski definition) is 0. The first-order valence-corrected chi connectivity index (χ1v) is 10.7. The van der Waals surface area contributed by atoms with Gasteiger partial charge in [-0.25, -0.2) is 0 Å². The predicted molar refractivity (Wildman–Crippen MR) is 129 cm³/mol. The lowest BCUT2D eigenvalue weighted by molar-refractivity contribution is 0.416. The largest absolute Gasteiger partial charge is 0.496 e. The van der Waals surface area contributed by atoms with Crippen LogP contribution < -0.4 is 4.74 Å². The lowest BCUT2D eigenvalue weighted by Gasteiger charge is -2.36. The van der Waals surface area contributed by atoms with E-state index in [0.29, 0.717) is 0 Å². The fourth-order valence-electron chi connectivity index (χ4n) is 4.45. The molecule has 32 heavy (non-hydrogen) atoms. The first-order valence-electron chi connectivity index (χ1n) is 10.7. The number of aromatic nitrogens is 2. The van der Waals surface area contributed by atoms with Crippen LogP contribution in [0.3, 0.4) is 0 Å². The van der Waals surface area contributed by atoms with Gasteiger partial charge < -0.3 is 4.74 Å². The summed E-state index contributed by atoms with van der Waals surface area (Å²) < 4.78 is 7.68. The highest BCUT2D eigenvalue weighted by atomic mass is 16.5. The Hall–Kier alpha value is -4.11. The second-order valence-electron chi connectivity index (χ2n) is 7.65. The first kappa shape index (κ1) is 19.8. The molecule has 0 aliphatic heterocycles. The quantitative estimate of drug-likeness (QED) is 0.300. The molecule has 5 rings (SSSR count). The fraction of sp³-hybridized carbons (Fsp3) is 0.0690. The highest BCUT2D eigenvalue weighted by molar-refractivity contribution is 5.67. The fourth-order valence-corrected chi connectivity index (χ4v) is 4.45. The van der Waals surface area contributed by atoms with Crippen molar-refractivity contribution in [3.05, 3.63) is 144 Å². The number of para-hydroxylation sites is 1. The van der Waals surface area contributed by atoms with E-state index in [1.165, 1.54) is 0 Å².